The highest BCUT2D eigenvalue weighted by Crippen LogP contribution is 2.13. The minimum atomic E-state index is -0.673. The molecule has 186 valence electrons. The number of nitrogens with one attached hydrogen (secondary N) is 4. The average Bonchev–Trinajstić information content (AvgIpc) is 2.78. The Bertz CT molecular complexity index is 708. The Morgan fingerprint density at radius 1 is 1.09 bits per heavy atom. The molecule has 4 amide bonds. The van der Waals surface area contributed by atoms with E-state index in [0.29, 0.717) is 64.3 Å². The average molecular weight is 466 g/mol. The summed E-state index contributed by atoms with van der Waals surface area (Å²) in [6, 6.07) is 7.39. The van der Waals surface area contributed by atoms with Crippen LogP contribution in [0.25, 0.3) is 0 Å². The van der Waals surface area contributed by atoms with E-state index < -0.39 is 6.10 Å². The molecule has 10 heteroatoms. The topological polar surface area (TPSA) is 135 Å². The van der Waals surface area contributed by atoms with Crippen molar-refractivity contribution in [2.75, 3.05) is 45.9 Å². The number of amides is 4. The van der Waals surface area contributed by atoms with Crippen molar-refractivity contribution >= 4 is 12.1 Å². The van der Waals surface area contributed by atoms with Gasteiger partial charge in [-0.15, -0.1) is 0 Å². The number of aliphatic hydroxyl groups excluding tert-OH is 2. The maximum atomic E-state index is 12.0. The fourth-order valence-corrected chi connectivity index (χ4v) is 3.34. The van der Waals surface area contributed by atoms with Gasteiger partial charge in [0.05, 0.1) is 6.10 Å². The molecule has 0 radical (unpaired) electrons. The lowest BCUT2D eigenvalue weighted by Crippen LogP contribution is -2.47. The summed E-state index contributed by atoms with van der Waals surface area (Å²) in [4.78, 5) is 25.3. The molecule has 1 heterocycles. The van der Waals surface area contributed by atoms with Crippen molar-refractivity contribution in [3.05, 3.63) is 29.8 Å². The highest BCUT2D eigenvalue weighted by Gasteiger charge is 2.20. The predicted molar refractivity (Wildman–Crippen MR) is 126 cm³/mol. The minimum Gasteiger partial charge on any atom is -0.491 e. The lowest BCUT2D eigenvalue weighted by molar-refractivity contribution is 0.0936. The van der Waals surface area contributed by atoms with Gasteiger partial charge in [-0.05, 0) is 50.8 Å². The van der Waals surface area contributed by atoms with Gasteiger partial charge in [-0.25, -0.2) is 9.59 Å². The van der Waals surface area contributed by atoms with E-state index in [9.17, 15) is 19.8 Å². The molecule has 1 atom stereocenters. The van der Waals surface area contributed by atoms with Gasteiger partial charge in [-0.3, -0.25) is 0 Å². The third kappa shape index (κ3) is 11.2. The Labute approximate surface area is 196 Å². The van der Waals surface area contributed by atoms with Gasteiger partial charge in [-0.2, -0.15) is 0 Å². The Kier molecular flexibility index (Phi) is 11.8. The first-order valence-corrected chi connectivity index (χ1v) is 11.7. The van der Waals surface area contributed by atoms with Crippen molar-refractivity contribution in [1.82, 2.24) is 26.2 Å². The number of carbonyl (C=O) groups excluding carboxylic acids is 2. The van der Waals surface area contributed by atoms with E-state index in [2.05, 4.69) is 21.3 Å². The Hall–Kier alpha value is -2.56. The fourth-order valence-electron chi connectivity index (χ4n) is 3.34. The molecule has 0 bridgehead atoms. The fraction of sp³-hybridized carbons (Fsp3) is 0.652. The van der Waals surface area contributed by atoms with Gasteiger partial charge in [0.2, 0.25) is 0 Å². The Balaban J connectivity index is 1.52. The number of piperidine rings is 1. The normalized spacial score (nSPS) is 15.2. The van der Waals surface area contributed by atoms with E-state index >= 15 is 0 Å². The van der Waals surface area contributed by atoms with Crippen molar-refractivity contribution in [2.45, 2.75) is 51.4 Å². The number of hydrogen-bond donors (Lipinski definition) is 6. The third-order valence-corrected chi connectivity index (χ3v) is 5.19. The molecule has 0 spiro atoms. The van der Waals surface area contributed by atoms with Crippen molar-refractivity contribution in [3.63, 3.8) is 0 Å². The molecule has 1 unspecified atom stereocenters. The lowest BCUT2D eigenvalue weighted by atomic mass is 10.1. The second kappa shape index (κ2) is 14.6. The van der Waals surface area contributed by atoms with Gasteiger partial charge in [0.1, 0.15) is 18.5 Å². The molecule has 1 fully saturated rings. The summed E-state index contributed by atoms with van der Waals surface area (Å²) < 4.78 is 5.63. The van der Waals surface area contributed by atoms with Crippen LogP contribution in [0.5, 0.6) is 5.75 Å². The van der Waals surface area contributed by atoms with Gasteiger partial charge in [0.15, 0.2) is 0 Å². The first-order valence-electron chi connectivity index (χ1n) is 11.7. The molecule has 0 aromatic heterocycles. The summed E-state index contributed by atoms with van der Waals surface area (Å²) in [5.74, 6) is 0.669. The molecule has 1 aliphatic rings. The van der Waals surface area contributed by atoms with Gasteiger partial charge >= 0.3 is 12.1 Å². The summed E-state index contributed by atoms with van der Waals surface area (Å²) in [6.07, 6.45) is 0.981. The molecule has 0 aliphatic carbocycles. The zero-order chi connectivity index (χ0) is 24.1. The molecule has 0 saturated carbocycles. The van der Waals surface area contributed by atoms with Crippen LogP contribution in [0.4, 0.5) is 9.59 Å². The van der Waals surface area contributed by atoms with E-state index in [1.165, 1.54) is 0 Å². The first-order chi connectivity index (χ1) is 15.8. The summed E-state index contributed by atoms with van der Waals surface area (Å²) >= 11 is 0. The molecule has 10 nitrogen and oxygen atoms in total. The van der Waals surface area contributed by atoms with Crippen LogP contribution in [0.3, 0.4) is 0 Å². The standard InChI is InChI=1S/C23H39N5O5/c1-17(2)27-22(31)25-10-7-18-3-5-21(6-4-18)33-16-20(30)15-24-11-12-26-23(32)28-13-8-19(29)9-14-28/h3-6,17,19-20,24,29-30H,7-16H2,1-2H3,(H,26,32)(H2,25,27,31). The highest BCUT2D eigenvalue weighted by molar-refractivity contribution is 5.74. The monoisotopic (exact) mass is 465 g/mol. The van der Waals surface area contributed by atoms with Gasteiger partial charge in [-0.1, -0.05) is 12.1 Å². The van der Waals surface area contributed by atoms with Crippen molar-refractivity contribution in [2.24, 2.45) is 0 Å². The van der Waals surface area contributed by atoms with Crippen molar-refractivity contribution in [3.8, 4) is 5.75 Å². The summed E-state index contributed by atoms with van der Waals surface area (Å²) in [6.45, 7) is 7.03. The highest BCUT2D eigenvalue weighted by atomic mass is 16.5. The van der Waals surface area contributed by atoms with Gasteiger partial charge in [0, 0.05) is 45.3 Å². The lowest BCUT2D eigenvalue weighted by Gasteiger charge is -2.29. The largest absolute Gasteiger partial charge is 0.491 e. The molecule has 33 heavy (non-hydrogen) atoms. The van der Waals surface area contributed by atoms with Crippen LogP contribution >= 0.6 is 0 Å². The summed E-state index contributed by atoms with van der Waals surface area (Å²) in [5.41, 5.74) is 1.08. The van der Waals surface area contributed by atoms with E-state index in [0.717, 1.165) is 5.56 Å². The number of nitrogens with zero attached hydrogens (tertiary/aromatic N) is 1. The molecular formula is C23H39N5O5. The van der Waals surface area contributed by atoms with Crippen LogP contribution in [0.2, 0.25) is 0 Å². The van der Waals surface area contributed by atoms with E-state index in [-0.39, 0.29) is 30.8 Å². The summed E-state index contributed by atoms with van der Waals surface area (Å²) in [7, 11) is 0. The van der Waals surface area contributed by atoms with Crippen LogP contribution in [0.1, 0.15) is 32.3 Å². The molecule has 6 N–H and O–H groups in total. The SMILES string of the molecule is CC(C)NC(=O)NCCc1ccc(OCC(O)CNCCNC(=O)N2CCC(O)CC2)cc1. The quantitative estimate of drug-likeness (QED) is 0.248. The minimum absolute atomic E-state index is 0.105. The predicted octanol–water partition coefficient (Wildman–Crippen LogP) is 0.432. The molecule has 1 aliphatic heterocycles. The van der Waals surface area contributed by atoms with Crippen LogP contribution in [-0.2, 0) is 6.42 Å². The zero-order valence-electron chi connectivity index (χ0n) is 19.7. The Morgan fingerprint density at radius 2 is 1.79 bits per heavy atom. The first kappa shape index (κ1) is 26.7. The molecule has 1 aromatic carbocycles. The number of hydrogen-bond acceptors (Lipinski definition) is 6. The van der Waals surface area contributed by atoms with Crippen LogP contribution in [-0.4, -0.2) is 91.3 Å². The number of aliphatic hydroxyl groups is 2. The van der Waals surface area contributed by atoms with Gasteiger partial charge in [0.25, 0.3) is 0 Å². The second-order valence-corrected chi connectivity index (χ2v) is 8.57. The number of benzene rings is 1. The van der Waals surface area contributed by atoms with Crippen LogP contribution in [0, 0.1) is 0 Å². The zero-order valence-corrected chi connectivity index (χ0v) is 19.7. The second-order valence-electron chi connectivity index (χ2n) is 8.57. The number of ether oxygens (including phenoxy) is 1. The Morgan fingerprint density at radius 3 is 2.45 bits per heavy atom. The van der Waals surface area contributed by atoms with E-state index in [4.69, 9.17) is 4.74 Å². The maximum absolute atomic E-state index is 12.0. The van der Waals surface area contributed by atoms with E-state index in [1.807, 2.05) is 38.1 Å². The van der Waals surface area contributed by atoms with Crippen molar-refractivity contribution in [1.29, 1.82) is 0 Å². The number of carbonyl (C=O) groups is 2. The molecule has 1 aromatic rings. The molecule has 1 saturated heterocycles. The molecule has 2 rings (SSSR count). The van der Waals surface area contributed by atoms with Crippen LogP contribution < -0.4 is 26.0 Å². The maximum Gasteiger partial charge on any atom is 0.317 e. The number of rotatable bonds is 12. The van der Waals surface area contributed by atoms with E-state index in [1.54, 1.807) is 4.90 Å². The van der Waals surface area contributed by atoms with Gasteiger partial charge < -0.3 is 41.1 Å². The van der Waals surface area contributed by atoms with Crippen molar-refractivity contribution < 1.29 is 24.5 Å². The summed E-state index contributed by atoms with van der Waals surface area (Å²) in [5, 5.41) is 31.1. The molecular weight excluding hydrogens is 426 g/mol. The third-order valence-electron chi connectivity index (χ3n) is 5.19. The van der Waals surface area contributed by atoms with Crippen LogP contribution in [0.15, 0.2) is 24.3 Å². The smallest absolute Gasteiger partial charge is 0.317 e. The number of likely N-dealkylation sites (tertiary alicyclic amines) is 1. The number of urea groups is 2.